The normalized spacial score (nSPS) is 15.4. The fraction of sp³-hybridized carbons (Fsp3) is 0.500. The van der Waals surface area contributed by atoms with Crippen molar-refractivity contribution >= 4 is 17.9 Å². The Balaban J connectivity index is 1.93. The first-order valence-corrected chi connectivity index (χ1v) is 8.52. The van der Waals surface area contributed by atoms with Crippen molar-refractivity contribution in [2.75, 3.05) is 32.8 Å². The minimum atomic E-state index is -0.353. The SMILES string of the molecule is CCOC(=O)N1CCN(C(=O)C[C@@H](NC(C)=O)c2ccccc2)CC1. The minimum Gasteiger partial charge on any atom is -0.450 e. The van der Waals surface area contributed by atoms with Crippen LogP contribution in [0.2, 0.25) is 0 Å². The molecule has 0 spiro atoms. The molecule has 1 aromatic rings. The molecule has 1 N–H and O–H groups in total. The first-order valence-electron chi connectivity index (χ1n) is 8.52. The standard InChI is InChI=1S/C18H25N3O4/c1-3-25-18(24)21-11-9-20(10-12-21)17(23)13-16(19-14(2)22)15-7-5-4-6-8-15/h4-8,16H,3,9-13H2,1-2H3,(H,19,22)/t16-/m1/s1. The minimum absolute atomic E-state index is 0.0360. The molecule has 1 fully saturated rings. The second-order valence-electron chi connectivity index (χ2n) is 5.93. The van der Waals surface area contributed by atoms with E-state index in [-0.39, 0.29) is 30.4 Å². The maximum Gasteiger partial charge on any atom is 0.409 e. The number of benzene rings is 1. The van der Waals surface area contributed by atoms with E-state index in [1.165, 1.54) is 6.92 Å². The predicted molar refractivity (Wildman–Crippen MR) is 92.8 cm³/mol. The third kappa shape index (κ3) is 5.48. The maximum absolute atomic E-state index is 12.6. The molecule has 2 rings (SSSR count). The average molecular weight is 347 g/mol. The van der Waals surface area contributed by atoms with Gasteiger partial charge in [0.05, 0.1) is 19.1 Å². The molecule has 0 aromatic heterocycles. The van der Waals surface area contributed by atoms with Gasteiger partial charge in [0.15, 0.2) is 0 Å². The topological polar surface area (TPSA) is 79.0 Å². The molecule has 136 valence electrons. The Morgan fingerprint density at radius 1 is 1.08 bits per heavy atom. The smallest absolute Gasteiger partial charge is 0.409 e. The summed E-state index contributed by atoms with van der Waals surface area (Å²) >= 11 is 0. The first-order chi connectivity index (χ1) is 12.0. The molecule has 0 saturated carbocycles. The predicted octanol–water partition coefficient (Wildman–Crippen LogP) is 1.55. The Labute approximate surface area is 147 Å². The van der Waals surface area contributed by atoms with Crippen molar-refractivity contribution in [3.8, 4) is 0 Å². The first kappa shape index (κ1) is 18.8. The van der Waals surface area contributed by atoms with Crippen LogP contribution in [0.3, 0.4) is 0 Å². The van der Waals surface area contributed by atoms with Crippen molar-refractivity contribution in [2.24, 2.45) is 0 Å². The Bertz CT molecular complexity index is 598. The van der Waals surface area contributed by atoms with Crippen molar-refractivity contribution < 1.29 is 19.1 Å². The van der Waals surface area contributed by atoms with E-state index < -0.39 is 0 Å². The van der Waals surface area contributed by atoms with Crippen LogP contribution in [-0.4, -0.2) is 60.5 Å². The van der Waals surface area contributed by atoms with Crippen LogP contribution in [0.4, 0.5) is 4.79 Å². The quantitative estimate of drug-likeness (QED) is 0.877. The van der Waals surface area contributed by atoms with E-state index in [0.29, 0.717) is 32.8 Å². The van der Waals surface area contributed by atoms with Gasteiger partial charge in [0, 0.05) is 33.1 Å². The van der Waals surface area contributed by atoms with Crippen LogP contribution in [-0.2, 0) is 14.3 Å². The summed E-state index contributed by atoms with van der Waals surface area (Å²) in [5.41, 5.74) is 0.899. The van der Waals surface area contributed by atoms with Crippen molar-refractivity contribution in [1.29, 1.82) is 0 Å². The summed E-state index contributed by atoms with van der Waals surface area (Å²) in [7, 11) is 0. The molecule has 1 aliphatic rings. The molecule has 0 radical (unpaired) electrons. The third-order valence-electron chi connectivity index (χ3n) is 4.12. The van der Waals surface area contributed by atoms with Gasteiger partial charge in [-0.3, -0.25) is 9.59 Å². The largest absolute Gasteiger partial charge is 0.450 e. The van der Waals surface area contributed by atoms with Gasteiger partial charge in [0.1, 0.15) is 0 Å². The van der Waals surface area contributed by atoms with E-state index >= 15 is 0 Å². The number of nitrogens with one attached hydrogen (secondary N) is 1. The molecule has 1 atom stereocenters. The second-order valence-corrected chi connectivity index (χ2v) is 5.93. The number of hydrogen-bond donors (Lipinski definition) is 1. The highest BCUT2D eigenvalue weighted by Crippen LogP contribution is 2.18. The highest BCUT2D eigenvalue weighted by Gasteiger charge is 2.27. The van der Waals surface area contributed by atoms with Crippen molar-refractivity contribution in [3.05, 3.63) is 35.9 Å². The lowest BCUT2D eigenvalue weighted by atomic mass is 10.0. The summed E-state index contributed by atoms with van der Waals surface area (Å²) in [6, 6.07) is 9.10. The summed E-state index contributed by atoms with van der Waals surface area (Å²) in [5, 5.41) is 2.84. The van der Waals surface area contributed by atoms with Gasteiger partial charge < -0.3 is 19.9 Å². The van der Waals surface area contributed by atoms with Gasteiger partial charge >= 0.3 is 6.09 Å². The van der Waals surface area contributed by atoms with Crippen molar-refractivity contribution in [2.45, 2.75) is 26.3 Å². The van der Waals surface area contributed by atoms with Crippen LogP contribution in [0.25, 0.3) is 0 Å². The molecule has 1 aromatic carbocycles. The highest BCUT2D eigenvalue weighted by molar-refractivity contribution is 5.79. The van der Waals surface area contributed by atoms with Crippen LogP contribution >= 0.6 is 0 Å². The van der Waals surface area contributed by atoms with Gasteiger partial charge in [-0.25, -0.2) is 4.79 Å². The Morgan fingerprint density at radius 2 is 1.68 bits per heavy atom. The van der Waals surface area contributed by atoms with Crippen molar-refractivity contribution in [1.82, 2.24) is 15.1 Å². The summed E-state index contributed by atoms with van der Waals surface area (Å²) in [6.45, 7) is 5.41. The van der Waals surface area contributed by atoms with Crippen LogP contribution in [0.15, 0.2) is 30.3 Å². The lowest BCUT2D eigenvalue weighted by Gasteiger charge is -2.34. The highest BCUT2D eigenvalue weighted by atomic mass is 16.6. The fourth-order valence-electron chi connectivity index (χ4n) is 2.84. The number of nitrogens with zero attached hydrogens (tertiary/aromatic N) is 2. The van der Waals surface area contributed by atoms with Gasteiger partial charge in [-0.1, -0.05) is 30.3 Å². The summed E-state index contributed by atoms with van der Waals surface area (Å²) in [4.78, 5) is 39.1. The molecule has 0 unspecified atom stereocenters. The number of piperazine rings is 1. The van der Waals surface area contributed by atoms with Crippen molar-refractivity contribution in [3.63, 3.8) is 0 Å². The third-order valence-corrected chi connectivity index (χ3v) is 4.12. The molecule has 7 heteroatoms. The molecule has 3 amide bonds. The van der Waals surface area contributed by atoms with E-state index in [1.54, 1.807) is 16.7 Å². The molecule has 25 heavy (non-hydrogen) atoms. The van der Waals surface area contributed by atoms with Gasteiger partial charge in [0.25, 0.3) is 0 Å². The fourth-order valence-corrected chi connectivity index (χ4v) is 2.84. The lowest BCUT2D eigenvalue weighted by Crippen LogP contribution is -2.51. The number of amides is 3. The zero-order chi connectivity index (χ0) is 18.2. The molecule has 1 aliphatic heterocycles. The van der Waals surface area contributed by atoms with Crippen LogP contribution < -0.4 is 5.32 Å². The molecular formula is C18H25N3O4. The average Bonchev–Trinajstić information content (AvgIpc) is 2.62. The monoisotopic (exact) mass is 347 g/mol. The number of carbonyl (C=O) groups excluding carboxylic acids is 3. The van der Waals surface area contributed by atoms with Gasteiger partial charge in [0.2, 0.25) is 11.8 Å². The number of rotatable bonds is 5. The second kappa shape index (κ2) is 9.05. The van der Waals surface area contributed by atoms with E-state index in [0.717, 1.165) is 5.56 Å². The summed E-state index contributed by atoms with van der Waals surface area (Å²) in [6.07, 6.45) is -0.141. The van der Waals surface area contributed by atoms with Crippen LogP contribution in [0.5, 0.6) is 0 Å². The van der Waals surface area contributed by atoms with Crippen LogP contribution in [0, 0.1) is 0 Å². The Hall–Kier alpha value is -2.57. The van der Waals surface area contributed by atoms with Gasteiger partial charge in [-0.15, -0.1) is 0 Å². The Kier molecular flexibility index (Phi) is 6.80. The summed E-state index contributed by atoms with van der Waals surface area (Å²) in [5.74, 6) is -0.208. The molecule has 1 heterocycles. The molecule has 7 nitrogen and oxygen atoms in total. The van der Waals surface area contributed by atoms with Gasteiger partial charge in [-0.05, 0) is 12.5 Å². The number of ether oxygens (including phenoxy) is 1. The van der Waals surface area contributed by atoms with E-state index in [4.69, 9.17) is 4.74 Å². The molecular weight excluding hydrogens is 322 g/mol. The van der Waals surface area contributed by atoms with E-state index in [9.17, 15) is 14.4 Å². The van der Waals surface area contributed by atoms with Crippen LogP contribution in [0.1, 0.15) is 31.9 Å². The Morgan fingerprint density at radius 3 is 2.24 bits per heavy atom. The molecule has 0 aliphatic carbocycles. The van der Waals surface area contributed by atoms with Gasteiger partial charge in [-0.2, -0.15) is 0 Å². The van der Waals surface area contributed by atoms with E-state index in [2.05, 4.69) is 5.32 Å². The van der Waals surface area contributed by atoms with E-state index in [1.807, 2.05) is 30.3 Å². The molecule has 1 saturated heterocycles. The maximum atomic E-state index is 12.6. The lowest BCUT2D eigenvalue weighted by molar-refractivity contribution is -0.133. The number of hydrogen-bond acceptors (Lipinski definition) is 4. The number of carbonyl (C=O) groups is 3. The summed E-state index contributed by atoms with van der Waals surface area (Å²) < 4.78 is 4.98. The zero-order valence-electron chi connectivity index (χ0n) is 14.7. The zero-order valence-corrected chi connectivity index (χ0v) is 14.7. The molecule has 0 bridgehead atoms.